The largest absolute Gasteiger partial charge is 0.445 e. The number of carbonyl (C=O) groups excluding carboxylic acids is 2. The van der Waals surface area contributed by atoms with Crippen LogP contribution in [0, 0.1) is 23.1 Å². The van der Waals surface area contributed by atoms with E-state index in [1.54, 1.807) is 0 Å². The number of amides is 1. The van der Waals surface area contributed by atoms with E-state index in [1.165, 1.54) is 18.2 Å². The summed E-state index contributed by atoms with van der Waals surface area (Å²) in [5.41, 5.74) is 1.79. The topological polar surface area (TPSA) is 70.4 Å². The molecule has 2 fully saturated rings. The molecule has 6 heteroatoms. The third-order valence-electron chi connectivity index (χ3n) is 6.37. The second-order valence-corrected chi connectivity index (χ2v) is 8.35. The molecule has 1 amide bonds. The van der Waals surface area contributed by atoms with Gasteiger partial charge in [0.15, 0.2) is 5.78 Å². The Morgan fingerprint density at radius 1 is 1.10 bits per heavy atom. The van der Waals surface area contributed by atoms with E-state index in [2.05, 4.69) is 0 Å². The number of rotatable bonds is 5. The molecule has 2 bridgehead atoms. The maximum Gasteiger partial charge on any atom is 0.410 e. The number of ketones is 1. The molecule has 0 radical (unpaired) electrons. The highest BCUT2D eigenvalue weighted by atomic mass is 19.1. The molecule has 31 heavy (non-hydrogen) atoms. The summed E-state index contributed by atoms with van der Waals surface area (Å²) in [6, 6.07) is 15.5. The van der Waals surface area contributed by atoms with Crippen LogP contribution in [0.1, 0.15) is 53.6 Å². The lowest BCUT2D eigenvalue weighted by atomic mass is 9.75. The van der Waals surface area contributed by atoms with Crippen LogP contribution in [-0.4, -0.2) is 28.9 Å². The first-order valence-corrected chi connectivity index (χ1v) is 10.8. The van der Waals surface area contributed by atoms with Gasteiger partial charge in [-0.2, -0.15) is 5.26 Å². The number of carbonyl (C=O) groups is 2. The summed E-state index contributed by atoms with van der Waals surface area (Å²) in [5.74, 6) is -0.890. The van der Waals surface area contributed by atoms with Gasteiger partial charge in [-0.3, -0.25) is 4.79 Å². The van der Waals surface area contributed by atoms with Gasteiger partial charge in [-0.15, -0.1) is 0 Å². The van der Waals surface area contributed by atoms with Gasteiger partial charge < -0.3 is 9.64 Å². The van der Waals surface area contributed by atoms with Crippen molar-refractivity contribution in [2.75, 3.05) is 0 Å². The quantitative estimate of drug-likeness (QED) is 0.635. The van der Waals surface area contributed by atoms with Gasteiger partial charge in [0, 0.05) is 23.6 Å². The third-order valence-corrected chi connectivity index (χ3v) is 6.37. The summed E-state index contributed by atoms with van der Waals surface area (Å²) in [4.78, 5) is 27.9. The SMILES string of the molecule is N#CCc1ccc(F)cc1C(=O)C1CC2CCCC(C1)N2C(=O)OCc1ccccc1. The van der Waals surface area contributed by atoms with Crippen molar-refractivity contribution in [2.45, 2.75) is 57.2 Å². The standard InChI is InChI=1S/C25H25FN2O3/c26-20-10-9-18(11-12-27)23(15-20)24(29)19-13-21-7-4-8-22(14-19)28(21)25(30)31-16-17-5-2-1-3-6-17/h1-3,5-6,9-10,15,19,21-22H,4,7-8,11,13-14,16H2. The van der Waals surface area contributed by atoms with Crippen LogP contribution in [-0.2, 0) is 17.8 Å². The van der Waals surface area contributed by atoms with E-state index in [9.17, 15) is 14.0 Å². The van der Waals surface area contributed by atoms with Gasteiger partial charge in [0.05, 0.1) is 12.5 Å². The molecule has 2 aliphatic rings. The predicted octanol–water partition coefficient (Wildman–Crippen LogP) is 5.04. The molecule has 2 heterocycles. The fraction of sp³-hybridized carbons (Fsp3) is 0.400. The summed E-state index contributed by atoms with van der Waals surface area (Å²) in [6.07, 6.45) is 3.48. The van der Waals surface area contributed by atoms with E-state index in [0.29, 0.717) is 24.0 Å². The number of halogens is 1. The molecule has 0 spiro atoms. The van der Waals surface area contributed by atoms with Crippen molar-refractivity contribution in [1.82, 2.24) is 4.90 Å². The summed E-state index contributed by atoms with van der Waals surface area (Å²) < 4.78 is 19.4. The average Bonchev–Trinajstić information content (AvgIpc) is 2.78. The molecule has 2 aliphatic heterocycles. The van der Waals surface area contributed by atoms with E-state index in [0.717, 1.165) is 24.8 Å². The molecule has 2 unspecified atom stereocenters. The van der Waals surface area contributed by atoms with E-state index >= 15 is 0 Å². The number of fused-ring (bicyclic) bond motifs is 2. The maximum atomic E-state index is 13.8. The monoisotopic (exact) mass is 420 g/mol. The smallest absolute Gasteiger partial charge is 0.410 e. The summed E-state index contributed by atoms with van der Waals surface area (Å²) in [7, 11) is 0. The lowest BCUT2D eigenvalue weighted by molar-refractivity contribution is 0.00470. The average molecular weight is 420 g/mol. The Balaban J connectivity index is 1.47. The highest BCUT2D eigenvalue weighted by molar-refractivity contribution is 5.99. The van der Waals surface area contributed by atoms with E-state index in [4.69, 9.17) is 10.00 Å². The molecular formula is C25H25FN2O3. The van der Waals surface area contributed by atoms with Gasteiger partial charge in [0.2, 0.25) is 0 Å². The number of piperidine rings is 2. The number of nitriles is 1. The zero-order valence-corrected chi connectivity index (χ0v) is 17.3. The number of benzene rings is 2. The maximum absolute atomic E-state index is 13.8. The summed E-state index contributed by atoms with van der Waals surface area (Å²) in [5, 5.41) is 9.05. The van der Waals surface area contributed by atoms with Crippen molar-refractivity contribution in [1.29, 1.82) is 5.26 Å². The van der Waals surface area contributed by atoms with Crippen LogP contribution in [0.5, 0.6) is 0 Å². The lowest BCUT2D eigenvalue weighted by Gasteiger charge is -2.47. The number of hydrogen-bond donors (Lipinski definition) is 0. The number of ether oxygens (including phenoxy) is 1. The Labute approximate surface area is 181 Å². The van der Waals surface area contributed by atoms with Gasteiger partial charge in [-0.05, 0) is 55.4 Å². The van der Waals surface area contributed by atoms with Crippen LogP contribution in [0.4, 0.5) is 9.18 Å². The van der Waals surface area contributed by atoms with Crippen LogP contribution in [0.15, 0.2) is 48.5 Å². The van der Waals surface area contributed by atoms with Crippen LogP contribution in [0.2, 0.25) is 0 Å². The van der Waals surface area contributed by atoms with Crippen LogP contribution in [0.25, 0.3) is 0 Å². The van der Waals surface area contributed by atoms with Crippen molar-refractivity contribution < 1.29 is 18.7 Å². The van der Waals surface area contributed by atoms with Gasteiger partial charge in [0.1, 0.15) is 12.4 Å². The molecular weight excluding hydrogens is 395 g/mol. The fourth-order valence-corrected chi connectivity index (χ4v) is 4.92. The first-order chi connectivity index (χ1) is 15.1. The normalized spacial score (nSPS) is 22.5. The second-order valence-electron chi connectivity index (χ2n) is 8.35. The first-order valence-electron chi connectivity index (χ1n) is 10.8. The van der Waals surface area contributed by atoms with Crippen molar-refractivity contribution in [2.24, 2.45) is 5.92 Å². The van der Waals surface area contributed by atoms with E-state index in [1.807, 2.05) is 41.3 Å². The van der Waals surface area contributed by atoms with Gasteiger partial charge in [0.25, 0.3) is 0 Å². The Hall–Kier alpha value is -3.20. The van der Waals surface area contributed by atoms with Crippen molar-refractivity contribution in [3.8, 4) is 6.07 Å². The third kappa shape index (κ3) is 4.61. The first kappa shape index (κ1) is 21.0. The minimum absolute atomic E-state index is 0.0577. The van der Waals surface area contributed by atoms with Crippen molar-refractivity contribution in [3.05, 3.63) is 71.0 Å². The highest BCUT2D eigenvalue weighted by Gasteiger charge is 2.44. The molecule has 5 nitrogen and oxygen atoms in total. The Bertz CT molecular complexity index is 988. The van der Waals surface area contributed by atoms with Crippen molar-refractivity contribution in [3.63, 3.8) is 0 Å². The lowest BCUT2D eigenvalue weighted by Crippen LogP contribution is -2.55. The van der Waals surface area contributed by atoms with E-state index < -0.39 is 5.82 Å². The predicted molar refractivity (Wildman–Crippen MR) is 113 cm³/mol. The minimum atomic E-state index is -0.479. The minimum Gasteiger partial charge on any atom is -0.445 e. The molecule has 2 aromatic rings. The van der Waals surface area contributed by atoms with Crippen LogP contribution >= 0.6 is 0 Å². The van der Waals surface area contributed by atoms with Gasteiger partial charge >= 0.3 is 6.09 Å². The summed E-state index contributed by atoms with van der Waals surface area (Å²) in [6.45, 7) is 0.221. The van der Waals surface area contributed by atoms with Crippen LogP contribution < -0.4 is 0 Å². The summed E-state index contributed by atoms with van der Waals surface area (Å²) >= 11 is 0. The highest BCUT2D eigenvalue weighted by Crippen LogP contribution is 2.39. The molecule has 0 N–H and O–H groups in total. The zero-order valence-electron chi connectivity index (χ0n) is 17.3. The molecule has 2 aromatic carbocycles. The van der Waals surface area contributed by atoms with Gasteiger partial charge in [-0.1, -0.05) is 36.4 Å². The van der Waals surface area contributed by atoms with Crippen molar-refractivity contribution >= 4 is 11.9 Å². The fourth-order valence-electron chi connectivity index (χ4n) is 4.92. The molecule has 4 rings (SSSR count). The Morgan fingerprint density at radius 3 is 2.48 bits per heavy atom. The molecule has 2 saturated heterocycles. The number of Topliss-reactive ketones (excluding diaryl/α,β-unsaturated/α-hetero) is 1. The zero-order chi connectivity index (χ0) is 21.8. The molecule has 0 aliphatic carbocycles. The number of nitrogens with zero attached hydrogens (tertiary/aromatic N) is 2. The Morgan fingerprint density at radius 2 is 1.81 bits per heavy atom. The molecule has 160 valence electrons. The second kappa shape index (κ2) is 9.30. The molecule has 2 atom stereocenters. The van der Waals surface area contributed by atoms with E-state index in [-0.39, 0.29) is 42.9 Å². The Kier molecular flexibility index (Phi) is 6.31. The molecule has 0 aromatic heterocycles. The van der Waals surface area contributed by atoms with Gasteiger partial charge in [-0.25, -0.2) is 9.18 Å². The van der Waals surface area contributed by atoms with Crippen LogP contribution in [0.3, 0.4) is 0 Å². The number of hydrogen-bond acceptors (Lipinski definition) is 4. The molecule has 0 saturated carbocycles.